The average molecular weight is 676 g/mol. The van der Waals surface area contributed by atoms with Crippen LogP contribution >= 0.6 is 94.0 Å². The number of hydrogen-bond acceptors (Lipinski definition) is 7. The second kappa shape index (κ2) is 15.6. The first-order chi connectivity index (χ1) is 13.9. The van der Waals surface area contributed by atoms with Crippen LogP contribution in [0.4, 0.5) is 0 Å². The average Bonchev–Trinajstić information content (AvgIpc) is 3.33. The summed E-state index contributed by atoms with van der Waals surface area (Å²) in [6.45, 7) is 2.13. The van der Waals surface area contributed by atoms with Crippen molar-refractivity contribution in [1.82, 2.24) is 14.8 Å². The van der Waals surface area contributed by atoms with Crippen LogP contribution in [0.5, 0.6) is 0 Å². The van der Waals surface area contributed by atoms with Gasteiger partial charge < -0.3 is 69.0 Å². The van der Waals surface area contributed by atoms with Crippen LogP contribution in [0.1, 0.15) is 0 Å². The van der Waals surface area contributed by atoms with Gasteiger partial charge in [0.1, 0.15) is 0 Å². The van der Waals surface area contributed by atoms with Crippen molar-refractivity contribution >= 4 is 128 Å². The van der Waals surface area contributed by atoms with Crippen LogP contribution in [0.15, 0.2) is 30.6 Å². The summed E-state index contributed by atoms with van der Waals surface area (Å²) >= 11 is 53.0. The topological polar surface area (TPSA) is 37.8 Å². The van der Waals surface area contributed by atoms with Crippen molar-refractivity contribution in [1.29, 1.82) is 0 Å². The van der Waals surface area contributed by atoms with Crippen molar-refractivity contribution in [2.75, 3.05) is 26.3 Å². The van der Waals surface area contributed by atoms with E-state index in [1.165, 1.54) is 0 Å². The van der Waals surface area contributed by atoms with Gasteiger partial charge in [0.05, 0.1) is 13.2 Å². The number of thiocarbonyl (C=S) groups is 2. The summed E-state index contributed by atoms with van der Waals surface area (Å²) in [6.07, 6.45) is 2.21. The Kier molecular flexibility index (Phi) is 16.4. The number of halogens is 6. The van der Waals surface area contributed by atoms with Crippen molar-refractivity contribution in [2.45, 2.75) is 20.0 Å². The van der Waals surface area contributed by atoms with Gasteiger partial charge >= 0.3 is 19.5 Å². The van der Waals surface area contributed by atoms with Gasteiger partial charge in [-0.15, -0.1) is 0 Å². The van der Waals surface area contributed by atoms with Crippen LogP contribution in [-0.2, 0) is 54.2 Å². The molecule has 1 aromatic rings. The molecule has 2 aliphatic heterocycles. The Morgan fingerprint density at radius 3 is 1.32 bits per heavy atom. The largest absolute Gasteiger partial charge is 2.00 e. The molecule has 3 rings (SSSR count). The molecule has 5 nitrogen and oxygen atoms in total. The Labute approximate surface area is 246 Å². The normalized spacial score (nSPS) is 20.6. The zero-order chi connectivity index (χ0) is 22.9. The molecule has 0 bridgehead atoms. The predicted molar refractivity (Wildman–Crippen MR) is 138 cm³/mol. The Hall–Kier alpha value is 1.65. The minimum Gasteiger partial charge on any atom is -0.411 e. The first-order valence-electron chi connectivity index (χ1n) is 8.02. The fourth-order valence-corrected chi connectivity index (χ4v) is 4.00. The molecule has 2 fully saturated rings. The molecule has 16 heteroatoms. The quantitative estimate of drug-likeness (QED) is 0.167. The van der Waals surface area contributed by atoms with Gasteiger partial charge in [0.15, 0.2) is 12.5 Å². The summed E-state index contributed by atoms with van der Waals surface area (Å²) in [6, 6.07) is 5.72. The van der Waals surface area contributed by atoms with E-state index in [-0.39, 0.29) is 28.1 Å². The number of pyridine rings is 1. The van der Waals surface area contributed by atoms with Gasteiger partial charge in [0.25, 0.3) is 0 Å². The SMILES string of the molecule is S=C([S-])N1CCOC1C(Cl)(Cl)Cl.S=C([S-])N1CCOC1C(Cl)(Cl)Cl.[Zn+2].c1ccncc1. The molecule has 0 saturated carbocycles. The zero-order valence-corrected chi connectivity index (χ0v) is 26.4. The van der Waals surface area contributed by atoms with E-state index in [0.29, 0.717) is 26.3 Å². The number of hydrogen-bond donors (Lipinski definition) is 0. The van der Waals surface area contributed by atoms with Crippen molar-refractivity contribution < 1.29 is 29.0 Å². The van der Waals surface area contributed by atoms with Crippen molar-refractivity contribution in [3.63, 3.8) is 0 Å². The molecule has 3 heterocycles. The summed E-state index contributed by atoms with van der Waals surface area (Å²) in [4.78, 5) is 6.95. The van der Waals surface area contributed by atoms with E-state index in [2.05, 4.69) is 4.98 Å². The molecule has 2 saturated heterocycles. The number of ether oxygens (including phenoxy) is 2. The van der Waals surface area contributed by atoms with Gasteiger partial charge in [-0.05, 0) is 12.1 Å². The summed E-state index contributed by atoms with van der Waals surface area (Å²) in [7, 11) is 0. The minimum atomic E-state index is -1.50. The van der Waals surface area contributed by atoms with E-state index in [9.17, 15) is 0 Å². The molecule has 31 heavy (non-hydrogen) atoms. The Morgan fingerprint density at radius 1 is 0.806 bits per heavy atom. The van der Waals surface area contributed by atoms with Gasteiger partial charge in [-0.1, -0.05) is 84.3 Å². The molecular formula is C15H15Cl6N3O2S4Zn. The molecule has 2 unspecified atom stereocenters. The molecule has 0 spiro atoms. The molecule has 0 radical (unpaired) electrons. The van der Waals surface area contributed by atoms with Crippen LogP contribution in [0.25, 0.3) is 0 Å². The van der Waals surface area contributed by atoms with E-state index in [0.717, 1.165) is 0 Å². The number of aromatic nitrogens is 1. The standard InChI is InChI=1S/2C5H6Cl3NOS2.C5H5N.Zn/c2*6-5(7,8)3-9(4(11)12)1-2-10-3;1-2-4-6-5-3-1;/h2*3H,1-2H2,(H,11,12);1-5H;/q;;;+2/p-2. The third-order valence-electron chi connectivity index (χ3n) is 3.38. The van der Waals surface area contributed by atoms with Gasteiger partial charge in [-0.25, -0.2) is 0 Å². The van der Waals surface area contributed by atoms with Crippen LogP contribution in [-0.4, -0.2) is 69.8 Å². The number of nitrogens with zero attached hydrogens (tertiary/aromatic N) is 3. The Balaban J connectivity index is 0.000000451. The molecule has 0 aromatic carbocycles. The first kappa shape index (κ1) is 32.7. The molecule has 0 N–H and O–H groups in total. The zero-order valence-electron chi connectivity index (χ0n) is 15.6. The van der Waals surface area contributed by atoms with E-state index in [4.69, 9.17) is 129 Å². The third-order valence-corrected chi connectivity index (χ3v) is 5.44. The van der Waals surface area contributed by atoms with Crippen molar-refractivity contribution in [3.05, 3.63) is 30.6 Å². The number of rotatable bonds is 0. The molecule has 0 aliphatic carbocycles. The van der Waals surface area contributed by atoms with Gasteiger partial charge in [-0.3, -0.25) is 4.98 Å². The van der Waals surface area contributed by atoms with E-state index < -0.39 is 20.0 Å². The maximum atomic E-state index is 5.64. The summed E-state index contributed by atoms with van der Waals surface area (Å²) < 4.78 is 7.87. The Morgan fingerprint density at radius 2 is 1.16 bits per heavy atom. The summed E-state index contributed by atoms with van der Waals surface area (Å²) in [5, 5.41) is 0. The van der Waals surface area contributed by atoms with Crippen LogP contribution < -0.4 is 0 Å². The third kappa shape index (κ3) is 12.3. The second-order valence-electron chi connectivity index (χ2n) is 5.47. The smallest absolute Gasteiger partial charge is 0.411 e. The first-order valence-corrected chi connectivity index (χ1v) is 11.9. The molecule has 2 atom stereocenters. The van der Waals surface area contributed by atoms with E-state index in [1.54, 1.807) is 22.2 Å². The summed E-state index contributed by atoms with van der Waals surface area (Å²) in [5.74, 6) is 0. The molecule has 0 amide bonds. The van der Waals surface area contributed by atoms with Gasteiger partial charge in [0, 0.05) is 25.5 Å². The molecule has 1 aromatic heterocycles. The Bertz CT molecular complexity index is 618. The second-order valence-corrected chi connectivity index (χ2v) is 12.3. The van der Waals surface area contributed by atoms with Crippen LogP contribution in [0.2, 0.25) is 0 Å². The van der Waals surface area contributed by atoms with Crippen molar-refractivity contribution in [2.24, 2.45) is 0 Å². The van der Waals surface area contributed by atoms with Crippen molar-refractivity contribution in [3.8, 4) is 0 Å². The summed E-state index contributed by atoms with van der Waals surface area (Å²) in [5.41, 5.74) is 0. The fraction of sp³-hybridized carbons (Fsp3) is 0.533. The van der Waals surface area contributed by atoms with Crippen LogP contribution in [0, 0.1) is 0 Å². The van der Waals surface area contributed by atoms with Gasteiger partial charge in [0.2, 0.25) is 7.59 Å². The fourth-order valence-electron chi connectivity index (χ4n) is 2.17. The monoisotopic (exact) mass is 671 g/mol. The minimum absolute atomic E-state index is 0. The van der Waals surface area contributed by atoms with Crippen LogP contribution in [0.3, 0.4) is 0 Å². The molecule has 2 aliphatic rings. The molecular weight excluding hydrogens is 661 g/mol. The van der Waals surface area contributed by atoms with Gasteiger partial charge in [-0.2, -0.15) is 0 Å². The maximum absolute atomic E-state index is 5.64. The maximum Gasteiger partial charge on any atom is 2.00 e. The van der Waals surface area contributed by atoms with E-state index >= 15 is 0 Å². The van der Waals surface area contributed by atoms with E-state index in [1.807, 2.05) is 18.2 Å². The predicted octanol–water partition coefficient (Wildman–Crippen LogP) is 4.77. The molecule has 170 valence electrons. The number of alkyl halides is 6.